The van der Waals surface area contributed by atoms with E-state index in [4.69, 9.17) is 0 Å². The molecule has 4 rings (SSSR count). The fourth-order valence-corrected chi connectivity index (χ4v) is 4.20. The molecule has 29 heavy (non-hydrogen) atoms. The maximum atomic E-state index is 13.2. The molecule has 0 saturated carbocycles. The SMILES string of the molecule is CCN(C(=O)CN1C(=O)N[C@@](C)(c2ccc3ccccc3c2)C1=O)C1=CCCC1. The summed E-state index contributed by atoms with van der Waals surface area (Å²) in [5.74, 6) is -0.630. The molecule has 2 aliphatic rings. The number of nitrogens with zero attached hydrogens (tertiary/aromatic N) is 2. The van der Waals surface area contributed by atoms with Gasteiger partial charge in [-0.2, -0.15) is 0 Å². The summed E-state index contributed by atoms with van der Waals surface area (Å²) < 4.78 is 0. The largest absolute Gasteiger partial charge is 0.325 e. The Morgan fingerprint density at radius 3 is 2.62 bits per heavy atom. The van der Waals surface area contributed by atoms with E-state index in [-0.39, 0.29) is 12.5 Å². The highest BCUT2D eigenvalue weighted by Crippen LogP contribution is 2.31. The van der Waals surface area contributed by atoms with Crippen molar-refractivity contribution < 1.29 is 14.4 Å². The number of urea groups is 1. The molecule has 1 heterocycles. The van der Waals surface area contributed by atoms with E-state index in [2.05, 4.69) is 11.4 Å². The highest BCUT2D eigenvalue weighted by Gasteiger charge is 2.49. The molecule has 150 valence electrons. The Labute approximate surface area is 170 Å². The molecule has 0 bridgehead atoms. The van der Waals surface area contributed by atoms with E-state index in [0.29, 0.717) is 12.1 Å². The summed E-state index contributed by atoms with van der Waals surface area (Å²) in [5.41, 5.74) is 0.502. The lowest BCUT2D eigenvalue weighted by atomic mass is 9.90. The lowest BCUT2D eigenvalue weighted by Gasteiger charge is -2.25. The monoisotopic (exact) mass is 391 g/mol. The Kier molecular flexibility index (Phi) is 4.86. The molecule has 1 aliphatic carbocycles. The quantitative estimate of drug-likeness (QED) is 0.793. The standard InChI is InChI=1S/C23H25N3O3/c1-3-25(19-10-6-7-11-19)20(27)15-26-21(28)23(2,24-22(26)29)18-13-12-16-8-4-5-9-17(16)14-18/h4-5,8-10,12-14H,3,6-7,11,15H2,1-2H3,(H,24,29)/t23-/m0/s1. The molecule has 0 aromatic heterocycles. The first-order valence-corrected chi connectivity index (χ1v) is 10.1. The van der Waals surface area contributed by atoms with Crippen LogP contribution < -0.4 is 5.32 Å². The van der Waals surface area contributed by atoms with Crippen LogP contribution in [0.4, 0.5) is 4.79 Å². The maximum absolute atomic E-state index is 13.2. The van der Waals surface area contributed by atoms with Crippen LogP contribution in [0.3, 0.4) is 0 Å². The molecule has 0 unspecified atom stereocenters. The summed E-state index contributed by atoms with van der Waals surface area (Å²) in [4.78, 5) is 41.4. The Bertz CT molecular complexity index is 1030. The van der Waals surface area contributed by atoms with Gasteiger partial charge in [0.15, 0.2) is 0 Å². The smallest absolute Gasteiger partial charge is 0.319 e. The van der Waals surface area contributed by atoms with E-state index >= 15 is 0 Å². The number of hydrogen-bond donors (Lipinski definition) is 1. The lowest BCUT2D eigenvalue weighted by Crippen LogP contribution is -2.44. The zero-order valence-corrected chi connectivity index (χ0v) is 16.8. The third kappa shape index (κ3) is 3.28. The molecule has 6 heteroatoms. The molecular weight excluding hydrogens is 366 g/mol. The van der Waals surface area contributed by atoms with Crippen molar-refractivity contribution in [1.82, 2.24) is 15.1 Å². The first-order chi connectivity index (χ1) is 13.9. The number of carbonyl (C=O) groups excluding carboxylic acids is 3. The van der Waals surface area contributed by atoms with Crippen LogP contribution in [0.2, 0.25) is 0 Å². The van der Waals surface area contributed by atoms with Gasteiger partial charge in [0.25, 0.3) is 5.91 Å². The summed E-state index contributed by atoms with van der Waals surface area (Å²) in [6.07, 6.45) is 4.91. The van der Waals surface area contributed by atoms with Crippen LogP contribution in [-0.2, 0) is 15.1 Å². The van der Waals surface area contributed by atoms with E-state index in [9.17, 15) is 14.4 Å². The fraction of sp³-hybridized carbons (Fsp3) is 0.348. The van der Waals surface area contributed by atoms with Crippen molar-refractivity contribution in [2.24, 2.45) is 0 Å². The molecule has 1 atom stereocenters. The number of hydrogen-bond acceptors (Lipinski definition) is 3. The van der Waals surface area contributed by atoms with Gasteiger partial charge in [-0.15, -0.1) is 0 Å². The average molecular weight is 391 g/mol. The second-order valence-corrected chi connectivity index (χ2v) is 7.73. The Balaban J connectivity index is 1.58. The van der Waals surface area contributed by atoms with Gasteiger partial charge < -0.3 is 10.2 Å². The number of imide groups is 1. The predicted molar refractivity (Wildman–Crippen MR) is 111 cm³/mol. The van der Waals surface area contributed by atoms with Gasteiger partial charge in [-0.05, 0) is 55.5 Å². The normalized spacial score (nSPS) is 21.4. The van der Waals surface area contributed by atoms with Crippen LogP contribution in [0.1, 0.15) is 38.7 Å². The van der Waals surface area contributed by atoms with Crippen molar-refractivity contribution in [3.8, 4) is 0 Å². The molecule has 2 aromatic carbocycles. The van der Waals surface area contributed by atoms with Gasteiger partial charge in [-0.3, -0.25) is 14.5 Å². The van der Waals surface area contributed by atoms with Crippen LogP contribution in [-0.4, -0.2) is 40.7 Å². The highest BCUT2D eigenvalue weighted by atomic mass is 16.2. The average Bonchev–Trinajstić information content (AvgIpc) is 3.32. The van der Waals surface area contributed by atoms with Gasteiger partial charge in [-0.1, -0.05) is 42.5 Å². The number of carbonyl (C=O) groups is 3. The summed E-state index contributed by atoms with van der Waals surface area (Å²) in [6.45, 7) is 3.87. The number of fused-ring (bicyclic) bond motifs is 1. The zero-order chi connectivity index (χ0) is 20.6. The van der Waals surface area contributed by atoms with Crippen molar-refractivity contribution in [2.45, 2.75) is 38.6 Å². The van der Waals surface area contributed by atoms with Crippen LogP contribution in [0.5, 0.6) is 0 Å². The summed E-state index contributed by atoms with van der Waals surface area (Å²) in [7, 11) is 0. The minimum atomic E-state index is -1.19. The third-order valence-electron chi connectivity index (χ3n) is 5.88. The van der Waals surface area contributed by atoms with Crippen LogP contribution in [0.15, 0.2) is 54.2 Å². The highest BCUT2D eigenvalue weighted by molar-refractivity contribution is 6.09. The van der Waals surface area contributed by atoms with Crippen molar-refractivity contribution in [1.29, 1.82) is 0 Å². The number of allylic oxidation sites excluding steroid dienone is 2. The zero-order valence-electron chi connectivity index (χ0n) is 16.8. The summed E-state index contributed by atoms with van der Waals surface area (Å²) in [6, 6.07) is 13.0. The van der Waals surface area contributed by atoms with Crippen molar-refractivity contribution >= 4 is 28.6 Å². The minimum Gasteiger partial charge on any atom is -0.319 e. The summed E-state index contributed by atoms with van der Waals surface area (Å²) >= 11 is 0. The number of nitrogens with one attached hydrogen (secondary N) is 1. The molecule has 6 nitrogen and oxygen atoms in total. The third-order valence-corrected chi connectivity index (χ3v) is 5.88. The van der Waals surface area contributed by atoms with Gasteiger partial charge in [0, 0.05) is 12.2 Å². The van der Waals surface area contributed by atoms with E-state index in [1.165, 1.54) is 0 Å². The van der Waals surface area contributed by atoms with Crippen LogP contribution in [0.25, 0.3) is 10.8 Å². The second-order valence-electron chi connectivity index (χ2n) is 7.73. The Hall–Kier alpha value is -3.15. The number of likely N-dealkylation sites (N-methyl/N-ethyl adjacent to an activating group) is 1. The minimum absolute atomic E-state index is 0.230. The molecule has 1 N–H and O–H groups in total. The molecule has 1 saturated heterocycles. The van der Waals surface area contributed by atoms with Gasteiger partial charge in [0.05, 0.1) is 0 Å². The first kappa shape index (κ1) is 19.2. The first-order valence-electron chi connectivity index (χ1n) is 10.1. The lowest BCUT2D eigenvalue weighted by molar-refractivity contribution is -0.137. The molecule has 0 radical (unpaired) electrons. The fourth-order valence-electron chi connectivity index (χ4n) is 4.20. The van der Waals surface area contributed by atoms with Gasteiger partial charge in [0.2, 0.25) is 5.91 Å². The summed E-state index contributed by atoms with van der Waals surface area (Å²) in [5, 5.41) is 4.85. The Morgan fingerprint density at radius 2 is 1.93 bits per heavy atom. The molecule has 1 fully saturated rings. The number of benzene rings is 2. The second kappa shape index (κ2) is 7.35. The maximum Gasteiger partial charge on any atom is 0.325 e. The van der Waals surface area contributed by atoms with Crippen molar-refractivity contribution in [3.05, 3.63) is 59.8 Å². The van der Waals surface area contributed by atoms with Crippen molar-refractivity contribution in [2.75, 3.05) is 13.1 Å². The molecule has 0 spiro atoms. The van der Waals surface area contributed by atoms with Gasteiger partial charge in [0.1, 0.15) is 12.1 Å². The molecule has 4 amide bonds. The molecule has 2 aromatic rings. The topological polar surface area (TPSA) is 69.7 Å². The van der Waals surface area contributed by atoms with E-state index in [1.807, 2.05) is 49.4 Å². The van der Waals surface area contributed by atoms with E-state index in [1.54, 1.807) is 11.8 Å². The predicted octanol–water partition coefficient (Wildman–Crippen LogP) is 3.52. The van der Waals surface area contributed by atoms with Crippen LogP contribution in [0, 0.1) is 0 Å². The van der Waals surface area contributed by atoms with Gasteiger partial charge >= 0.3 is 6.03 Å². The molecule has 1 aliphatic heterocycles. The van der Waals surface area contributed by atoms with Crippen molar-refractivity contribution in [3.63, 3.8) is 0 Å². The number of amides is 4. The Morgan fingerprint density at radius 1 is 1.17 bits per heavy atom. The van der Waals surface area contributed by atoms with E-state index in [0.717, 1.165) is 40.6 Å². The van der Waals surface area contributed by atoms with Crippen LogP contribution >= 0.6 is 0 Å². The number of rotatable bonds is 5. The van der Waals surface area contributed by atoms with Gasteiger partial charge in [-0.25, -0.2) is 4.79 Å². The molecular formula is C23H25N3O3. The van der Waals surface area contributed by atoms with E-state index < -0.39 is 17.5 Å².